The fourth-order valence-electron chi connectivity index (χ4n) is 2.90. The van der Waals surface area contributed by atoms with Gasteiger partial charge in [-0.15, -0.1) is 0 Å². The highest BCUT2D eigenvalue weighted by Gasteiger charge is 2.16. The zero-order valence-electron chi connectivity index (χ0n) is 14.0. The van der Waals surface area contributed by atoms with Gasteiger partial charge in [0.15, 0.2) is 5.78 Å². The average Bonchev–Trinajstić information content (AvgIpc) is 2.59. The summed E-state index contributed by atoms with van der Waals surface area (Å²) in [5.74, 6) is -0.992. The van der Waals surface area contributed by atoms with Crippen molar-refractivity contribution in [3.8, 4) is 0 Å². The number of carboxylic acids is 1. The highest BCUT2D eigenvalue weighted by Crippen LogP contribution is 2.29. The molecule has 25 heavy (non-hydrogen) atoms. The first-order valence-electron chi connectivity index (χ1n) is 7.93. The summed E-state index contributed by atoms with van der Waals surface area (Å²) >= 11 is 0. The summed E-state index contributed by atoms with van der Waals surface area (Å²) < 4.78 is 0. The van der Waals surface area contributed by atoms with Crippen molar-refractivity contribution in [2.75, 3.05) is 5.32 Å². The van der Waals surface area contributed by atoms with Crippen molar-refractivity contribution in [2.24, 2.45) is 0 Å². The first-order chi connectivity index (χ1) is 12.0. The summed E-state index contributed by atoms with van der Waals surface area (Å²) in [4.78, 5) is 27.6. The van der Waals surface area contributed by atoms with Crippen LogP contribution in [0.2, 0.25) is 0 Å². The molecule has 3 rings (SSSR count). The van der Waals surface area contributed by atoms with Gasteiger partial charge in [0.2, 0.25) is 0 Å². The molecule has 3 aromatic rings. The van der Waals surface area contributed by atoms with Gasteiger partial charge >= 0.3 is 5.97 Å². The second-order valence-electron chi connectivity index (χ2n) is 5.88. The van der Waals surface area contributed by atoms with Gasteiger partial charge in [0.05, 0.1) is 28.0 Å². The number of rotatable bonds is 5. The third kappa shape index (κ3) is 3.35. The van der Waals surface area contributed by atoms with E-state index in [1.165, 1.54) is 6.92 Å². The zero-order chi connectivity index (χ0) is 18.0. The van der Waals surface area contributed by atoms with Crippen LogP contribution in [-0.2, 0) is 6.54 Å². The molecule has 2 aromatic carbocycles. The lowest BCUT2D eigenvalue weighted by Crippen LogP contribution is -2.09. The summed E-state index contributed by atoms with van der Waals surface area (Å²) in [7, 11) is 0. The van der Waals surface area contributed by atoms with E-state index in [4.69, 9.17) is 5.11 Å². The quantitative estimate of drug-likeness (QED) is 0.688. The predicted molar refractivity (Wildman–Crippen MR) is 97.2 cm³/mol. The number of para-hydroxylation sites is 1. The van der Waals surface area contributed by atoms with Crippen LogP contribution in [0.4, 0.5) is 5.69 Å². The van der Waals surface area contributed by atoms with Crippen molar-refractivity contribution >= 4 is 28.3 Å². The molecule has 0 saturated carbocycles. The molecule has 0 saturated heterocycles. The Bertz CT molecular complexity index is 963. The lowest BCUT2D eigenvalue weighted by Gasteiger charge is -2.15. The van der Waals surface area contributed by atoms with E-state index in [0.717, 1.165) is 22.2 Å². The van der Waals surface area contributed by atoms with Crippen molar-refractivity contribution < 1.29 is 14.7 Å². The Kier molecular flexibility index (Phi) is 4.48. The van der Waals surface area contributed by atoms with Crippen molar-refractivity contribution in [2.45, 2.75) is 20.4 Å². The highest BCUT2D eigenvalue weighted by atomic mass is 16.4. The summed E-state index contributed by atoms with van der Waals surface area (Å²) in [5, 5.41) is 13.2. The molecule has 0 amide bonds. The minimum Gasteiger partial charge on any atom is -0.478 e. The lowest BCUT2D eigenvalue weighted by molar-refractivity contribution is 0.0696. The number of aryl methyl sites for hydroxylation is 1. The van der Waals surface area contributed by atoms with Gasteiger partial charge in [-0.2, -0.15) is 0 Å². The molecule has 0 spiro atoms. The third-order valence-electron chi connectivity index (χ3n) is 4.10. The Morgan fingerprint density at radius 2 is 1.76 bits per heavy atom. The van der Waals surface area contributed by atoms with Gasteiger partial charge in [-0.25, -0.2) is 4.79 Å². The monoisotopic (exact) mass is 334 g/mol. The molecule has 5 nitrogen and oxygen atoms in total. The molecular weight excluding hydrogens is 316 g/mol. The normalized spacial score (nSPS) is 10.6. The Labute approximate surface area is 145 Å². The van der Waals surface area contributed by atoms with Gasteiger partial charge in [-0.3, -0.25) is 9.78 Å². The average molecular weight is 334 g/mol. The molecular formula is C20H18N2O3. The number of nitrogens with one attached hydrogen (secondary N) is 1. The second-order valence-corrected chi connectivity index (χ2v) is 5.88. The number of benzene rings is 2. The van der Waals surface area contributed by atoms with Gasteiger partial charge in [-0.1, -0.05) is 30.3 Å². The molecule has 0 aliphatic carbocycles. The first kappa shape index (κ1) is 16.6. The van der Waals surface area contributed by atoms with Gasteiger partial charge in [0.1, 0.15) is 0 Å². The molecule has 126 valence electrons. The van der Waals surface area contributed by atoms with Gasteiger partial charge < -0.3 is 10.4 Å². The summed E-state index contributed by atoms with van der Waals surface area (Å²) in [5.41, 5.74) is 4.04. The second kappa shape index (κ2) is 6.73. The molecule has 0 aliphatic rings. The minimum atomic E-state index is -0.950. The molecule has 0 atom stereocenters. The molecule has 0 radical (unpaired) electrons. The predicted octanol–water partition coefficient (Wildman–Crippen LogP) is 4.06. The molecule has 0 unspecified atom stereocenters. The number of hydrogen-bond acceptors (Lipinski definition) is 4. The van der Waals surface area contributed by atoms with Crippen molar-refractivity contribution in [1.29, 1.82) is 0 Å². The van der Waals surface area contributed by atoms with Crippen LogP contribution in [0.15, 0.2) is 48.5 Å². The molecule has 2 N–H and O–H groups in total. The van der Waals surface area contributed by atoms with Crippen LogP contribution in [0.5, 0.6) is 0 Å². The summed E-state index contributed by atoms with van der Waals surface area (Å²) in [6, 6.07) is 14.3. The topological polar surface area (TPSA) is 79.3 Å². The zero-order valence-corrected chi connectivity index (χ0v) is 14.0. The standard InChI is InChI=1S/C20H18N2O3/c1-12-18(13(2)23)19(16-5-3-4-6-17(16)22-12)21-11-14-7-9-15(10-8-14)20(24)25/h3-10H,11H2,1-2H3,(H,21,22)(H,24,25). The van der Waals surface area contributed by atoms with Crippen LogP contribution in [0.1, 0.15) is 38.9 Å². The number of anilines is 1. The van der Waals surface area contributed by atoms with Crippen molar-refractivity contribution in [3.63, 3.8) is 0 Å². The number of nitrogens with zero attached hydrogens (tertiary/aromatic N) is 1. The molecule has 1 heterocycles. The smallest absolute Gasteiger partial charge is 0.335 e. The first-order valence-corrected chi connectivity index (χ1v) is 7.93. The van der Waals surface area contributed by atoms with E-state index < -0.39 is 5.97 Å². The molecule has 1 aromatic heterocycles. The highest BCUT2D eigenvalue weighted by molar-refractivity contribution is 6.08. The Morgan fingerprint density at radius 1 is 1.08 bits per heavy atom. The van der Waals surface area contributed by atoms with Gasteiger partial charge in [-0.05, 0) is 37.6 Å². The van der Waals surface area contributed by atoms with Gasteiger partial charge in [0, 0.05) is 11.9 Å². The fourth-order valence-corrected chi connectivity index (χ4v) is 2.90. The van der Waals surface area contributed by atoms with E-state index in [1.54, 1.807) is 24.3 Å². The number of Topliss-reactive ketones (excluding diaryl/α,β-unsaturated/α-hetero) is 1. The Hall–Kier alpha value is -3.21. The van der Waals surface area contributed by atoms with E-state index >= 15 is 0 Å². The largest absolute Gasteiger partial charge is 0.478 e. The number of carboxylic acid groups (broad SMARTS) is 1. The number of ketones is 1. The van der Waals surface area contributed by atoms with Gasteiger partial charge in [0.25, 0.3) is 0 Å². The van der Waals surface area contributed by atoms with Crippen LogP contribution in [0.25, 0.3) is 10.9 Å². The summed E-state index contributed by atoms with van der Waals surface area (Å²) in [6.07, 6.45) is 0. The van der Waals surface area contributed by atoms with Crippen LogP contribution in [-0.4, -0.2) is 21.8 Å². The molecule has 0 bridgehead atoms. The summed E-state index contributed by atoms with van der Waals surface area (Å²) in [6.45, 7) is 3.84. The maximum atomic E-state index is 12.1. The number of aromatic carboxylic acids is 1. The maximum absolute atomic E-state index is 12.1. The van der Waals surface area contributed by atoms with Crippen molar-refractivity contribution in [1.82, 2.24) is 4.98 Å². The maximum Gasteiger partial charge on any atom is 0.335 e. The Balaban J connectivity index is 1.98. The van der Waals surface area contributed by atoms with Crippen LogP contribution >= 0.6 is 0 Å². The fraction of sp³-hybridized carbons (Fsp3) is 0.150. The van der Waals surface area contributed by atoms with Crippen molar-refractivity contribution in [3.05, 3.63) is 70.9 Å². The lowest BCUT2D eigenvalue weighted by atomic mass is 10.0. The Morgan fingerprint density at radius 3 is 2.40 bits per heavy atom. The molecule has 0 aliphatic heterocycles. The van der Waals surface area contributed by atoms with E-state index in [0.29, 0.717) is 17.8 Å². The number of fused-ring (bicyclic) bond motifs is 1. The SMILES string of the molecule is CC(=O)c1c(C)nc2ccccc2c1NCc1ccc(C(=O)O)cc1. The number of carbonyl (C=O) groups excluding carboxylic acids is 1. The minimum absolute atomic E-state index is 0.0421. The van der Waals surface area contributed by atoms with Crippen LogP contribution in [0, 0.1) is 6.92 Å². The number of pyridine rings is 1. The number of hydrogen-bond donors (Lipinski definition) is 2. The van der Waals surface area contributed by atoms with E-state index in [1.807, 2.05) is 31.2 Å². The van der Waals surface area contributed by atoms with Crippen LogP contribution < -0.4 is 5.32 Å². The third-order valence-corrected chi connectivity index (χ3v) is 4.10. The molecule has 5 heteroatoms. The van der Waals surface area contributed by atoms with Crippen LogP contribution in [0.3, 0.4) is 0 Å². The van der Waals surface area contributed by atoms with E-state index in [9.17, 15) is 9.59 Å². The number of aromatic nitrogens is 1. The van der Waals surface area contributed by atoms with E-state index in [2.05, 4.69) is 10.3 Å². The molecule has 0 fully saturated rings. The van der Waals surface area contributed by atoms with E-state index in [-0.39, 0.29) is 11.3 Å². The number of carbonyl (C=O) groups is 2.